The molecule has 0 atom stereocenters. The van der Waals surface area contributed by atoms with Crippen LogP contribution < -0.4 is 64.8 Å². The standard InChI is InChI=1S/C22H15N6O6S.2Na/c23-20-17(26-24-15-7-9-16(10-8-15)28(30)31)11-6-13-12-18(35(32,33)34)21(22(29)19(13)20)27-25-14-4-2-1-3-5-14;;/h1-10,12,29H,23H2,(H,32,33,34);;/q-1;2*+1/p-1. The average Bonchev–Trinajstić information content (AvgIpc) is 2.83. The number of azo groups is 2. The van der Waals surface area contributed by atoms with Gasteiger partial charge in [-0.2, -0.15) is 27.5 Å². The van der Waals surface area contributed by atoms with Gasteiger partial charge in [-0.25, -0.2) is 8.42 Å². The molecule has 0 radical (unpaired) electrons. The molecule has 37 heavy (non-hydrogen) atoms. The third-order valence-electron chi connectivity index (χ3n) is 4.78. The zero-order chi connectivity index (χ0) is 25.2. The van der Waals surface area contributed by atoms with E-state index in [0.717, 1.165) is 6.07 Å². The minimum Gasteiger partial charge on any atom is -0.744 e. The van der Waals surface area contributed by atoms with E-state index in [1.54, 1.807) is 30.3 Å². The molecule has 0 aliphatic heterocycles. The largest absolute Gasteiger partial charge is 1.00 e. The summed E-state index contributed by atoms with van der Waals surface area (Å²) in [6, 6.07) is 18.5. The first kappa shape index (κ1) is 30.5. The van der Waals surface area contributed by atoms with Crippen molar-refractivity contribution in [3.05, 3.63) is 82.9 Å². The van der Waals surface area contributed by atoms with Crippen LogP contribution in [0.1, 0.15) is 0 Å². The van der Waals surface area contributed by atoms with Crippen LogP contribution in [-0.4, -0.2) is 23.0 Å². The van der Waals surface area contributed by atoms with Crippen molar-refractivity contribution in [2.45, 2.75) is 4.90 Å². The van der Waals surface area contributed by atoms with E-state index in [1.165, 1.54) is 30.3 Å². The fraction of sp³-hybridized carbons (Fsp3) is 0. The van der Waals surface area contributed by atoms with Crippen LogP contribution >= 0.6 is 0 Å². The maximum Gasteiger partial charge on any atom is 1.00 e. The summed E-state index contributed by atoms with van der Waals surface area (Å²) in [7, 11) is -5.04. The fourth-order valence-electron chi connectivity index (χ4n) is 3.11. The van der Waals surface area contributed by atoms with Crippen LogP contribution in [0.25, 0.3) is 10.8 Å². The number of nitrogens with zero attached hydrogens (tertiary/aromatic N) is 5. The predicted octanol–water partition coefficient (Wildman–Crippen LogP) is -0.421. The van der Waals surface area contributed by atoms with Crippen LogP contribution in [0.15, 0.2) is 92.1 Å². The Morgan fingerprint density at radius 2 is 1.51 bits per heavy atom. The summed E-state index contributed by atoms with van der Waals surface area (Å²) in [5, 5.41) is 37.3. The van der Waals surface area contributed by atoms with Crippen molar-refractivity contribution in [1.29, 1.82) is 0 Å². The van der Waals surface area contributed by atoms with Gasteiger partial charge in [0.2, 0.25) is 0 Å². The molecule has 0 fully saturated rings. The molecule has 3 N–H and O–H groups in total. The molecule has 0 bridgehead atoms. The Morgan fingerprint density at radius 3 is 2.11 bits per heavy atom. The summed E-state index contributed by atoms with van der Waals surface area (Å²) in [5.41, 5.74) is 5.98. The molecule has 12 nitrogen and oxygen atoms in total. The van der Waals surface area contributed by atoms with Crippen LogP contribution in [0, 0.1) is 16.2 Å². The molecule has 0 aromatic heterocycles. The molecule has 0 saturated heterocycles. The number of anilines is 1. The Morgan fingerprint density at radius 1 is 0.919 bits per heavy atom. The Kier molecular flexibility index (Phi) is 10.4. The van der Waals surface area contributed by atoms with Crippen LogP contribution in [0.3, 0.4) is 0 Å². The number of benzene rings is 4. The van der Waals surface area contributed by atoms with Gasteiger partial charge < -0.3 is 15.4 Å². The third kappa shape index (κ3) is 6.97. The maximum atomic E-state index is 11.9. The fourth-order valence-corrected chi connectivity index (χ4v) is 3.76. The zero-order valence-corrected chi connectivity index (χ0v) is 24.4. The molecule has 0 spiro atoms. The molecule has 15 heteroatoms. The number of non-ortho nitro benzene ring substituents is 1. The van der Waals surface area contributed by atoms with Crippen molar-refractivity contribution >= 4 is 55.0 Å². The van der Waals surface area contributed by atoms with Gasteiger partial charge in [-0.1, -0.05) is 29.7 Å². The van der Waals surface area contributed by atoms with Gasteiger partial charge >= 0.3 is 59.1 Å². The Bertz CT molecular complexity index is 1620. The zero-order valence-electron chi connectivity index (χ0n) is 19.6. The molecule has 4 aromatic rings. The van der Waals surface area contributed by atoms with Gasteiger partial charge in [0.15, 0.2) is 0 Å². The van der Waals surface area contributed by atoms with Gasteiger partial charge in [0.05, 0.1) is 21.2 Å². The molecule has 0 saturated carbocycles. The Hall–Kier alpha value is -2.75. The number of hydrogen-bond donors (Lipinski definition) is 2. The molecule has 176 valence electrons. The van der Waals surface area contributed by atoms with Crippen molar-refractivity contribution in [2.75, 3.05) is 5.73 Å². The van der Waals surface area contributed by atoms with Crippen molar-refractivity contribution < 1.29 is 82.1 Å². The second-order valence-corrected chi connectivity index (χ2v) is 8.40. The first-order valence-electron chi connectivity index (χ1n) is 9.74. The van der Waals surface area contributed by atoms with Gasteiger partial charge in [-0.15, -0.1) is 10.5 Å². The number of nitro benzene ring substituents is 1. The number of nitro groups is 1. The summed E-state index contributed by atoms with van der Waals surface area (Å²) < 4.78 is 35.6. The molecule has 0 amide bonds. The first-order valence-corrected chi connectivity index (χ1v) is 11.1. The SMILES string of the molecule is Nc1c(N=Nc2ccc([N+](=O)[O-])cc2)[c-]cc2cc(S(=O)(=O)[O-])c(N=Nc3ccccc3)c(O)c12.[Na+].[Na+]. The van der Waals surface area contributed by atoms with Crippen molar-refractivity contribution in [1.82, 2.24) is 0 Å². The molecule has 0 unspecified atom stereocenters. The molecule has 0 aliphatic rings. The van der Waals surface area contributed by atoms with Gasteiger partial charge in [0.1, 0.15) is 21.6 Å². The minimum atomic E-state index is -5.04. The maximum absolute atomic E-state index is 11.9. The van der Waals surface area contributed by atoms with Gasteiger partial charge in [0, 0.05) is 12.1 Å². The first-order chi connectivity index (χ1) is 16.6. The number of fused-ring (bicyclic) bond motifs is 1. The number of phenols is 1. The Balaban J connectivity index is 0.00000241. The number of rotatable bonds is 6. The minimum absolute atomic E-state index is 0. The van der Waals surface area contributed by atoms with Crippen LogP contribution in [0.5, 0.6) is 5.75 Å². The quantitative estimate of drug-likeness (QED) is 0.0634. The van der Waals surface area contributed by atoms with Crippen LogP contribution in [-0.2, 0) is 10.1 Å². The number of hydrogen-bond acceptors (Lipinski definition) is 11. The summed E-state index contributed by atoms with van der Waals surface area (Å²) in [5.74, 6) is -0.685. The molecule has 4 aromatic carbocycles. The summed E-state index contributed by atoms with van der Waals surface area (Å²) >= 11 is 0. The van der Waals surface area contributed by atoms with E-state index in [0.29, 0.717) is 5.69 Å². The molecule has 0 aliphatic carbocycles. The summed E-state index contributed by atoms with van der Waals surface area (Å²) in [6.45, 7) is 0. The number of aromatic hydroxyl groups is 1. The normalized spacial score (nSPS) is 11.4. The molecular formula is C22H14N6Na2O6S. The van der Waals surface area contributed by atoms with E-state index in [-0.39, 0.29) is 92.6 Å². The van der Waals surface area contributed by atoms with E-state index in [4.69, 9.17) is 5.73 Å². The van der Waals surface area contributed by atoms with Crippen LogP contribution in [0.2, 0.25) is 0 Å². The van der Waals surface area contributed by atoms with E-state index in [1.807, 2.05) is 0 Å². The summed E-state index contributed by atoms with van der Waals surface area (Å²) in [6.07, 6.45) is 0. The van der Waals surface area contributed by atoms with Gasteiger partial charge in [-0.05, 0) is 35.6 Å². The van der Waals surface area contributed by atoms with E-state index >= 15 is 0 Å². The monoisotopic (exact) mass is 536 g/mol. The number of phenolic OH excluding ortho intramolecular Hbond substituents is 1. The molecule has 4 rings (SSSR count). The van der Waals surface area contributed by atoms with E-state index < -0.39 is 31.4 Å². The van der Waals surface area contributed by atoms with Crippen LogP contribution in [0.4, 0.5) is 34.1 Å². The number of nitrogens with two attached hydrogens (primary N) is 1. The molecular weight excluding hydrogens is 522 g/mol. The predicted molar refractivity (Wildman–Crippen MR) is 125 cm³/mol. The van der Waals surface area contributed by atoms with E-state index in [9.17, 15) is 28.2 Å². The van der Waals surface area contributed by atoms with Gasteiger partial charge in [-0.3, -0.25) is 10.1 Å². The number of nitrogen functional groups attached to an aromatic ring is 1. The average molecular weight is 536 g/mol. The van der Waals surface area contributed by atoms with Gasteiger partial charge in [0.25, 0.3) is 5.69 Å². The second-order valence-electron chi connectivity index (χ2n) is 7.05. The topological polar surface area (TPSA) is 196 Å². The van der Waals surface area contributed by atoms with Crippen molar-refractivity contribution in [3.8, 4) is 5.75 Å². The smallest absolute Gasteiger partial charge is 0.744 e. The third-order valence-corrected chi connectivity index (χ3v) is 5.63. The van der Waals surface area contributed by atoms with Crippen molar-refractivity contribution in [3.63, 3.8) is 0 Å². The second kappa shape index (κ2) is 12.7. The Labute approximate surface area is 254 Å². The summed E-state index contributed by atoms with van der Waals surface area (Å²) in [4.78, 5) is 9.43. The van der Waals surface area contributed by atoms with Crippen molar-refractivity contribution in [2.24, 2.45) is 20.5 Å². The molecule has 0 heterocycles. The van der Waals surface area contributed by atoms with E-state index in [2.05, 4.69) is 26.5 Å².